The topological polar surface area (TPSA) is 197 Å². The van der Waals surface area contributed by atoms with Gasteiger partial charge in [-0.05, 0) is 109 Å². The van der Waals surface area contributed by atoms with Gasteiger partial charge in [0.05, 0.1) is 30.8 Å². The zero-order valence-electron chi connectivity index (χ0n) is 34.1. The van der Waals surface area contributed by atoms with Crippen molar-refractivity contribution in [3.05, 3.63) is 23.8 Å². The maximum absolute atomic E-state index is 14.6. The lowest BCUT2D eigenvalue weighted by Gasteiger charge is -2.42. The zero-order valence-corrected chi connectivity index (χ0v) is 34.9. The number of fused-ring (bicyclic) bond motifs is 5. The molecule has 0 unspecified atom stereocenters. The van der Waals surface area contributed by atoms with E-state index in [9.17, 15) is 14.7 Å². The fourth-order valence-electron chi connectivity index (χ4n) is 10.2. The van der Waals surface area contributed by atoms with Gasteiger partial charge in [0.1, 0.15) is 24.4 Å². The van der Waals surface area contributed by atoms with Crippen molar-refractivity contribution in [2.45, 2.75) is 153 Å². The summed E-state index contributed by atoms with van der Waals surface area (Å²) in [5, 5.41) is 10.9. The summed E-state index contributed by atoms with van der Waals surface area (Å²) in [4.78, 5) is 30.3. The van der Waals surface area contributed by atoms with Crippen LogP contribution in [0.4, 0.5) is 0 Å². The zero-order chi connectivity index (χ0) is 41.1. The van der Waals surface area contributed by atoms with Gasteiger partial charge in [-0.15, -0.1) is 0 Å². The van der Waals surface area contributed by atoms with Gasteiger partial charge in [-0.2, -0.15) is 8.42 Å². The van der Waals surface area contributed by atoms with Gasteiger partial charge < -0.3 is 43.2 Å². The Morgan fingerprint density at radius 1 is 0.893 bits per heavy atom. The van der Waals surface area contributed by atoms with E-state index in [1.165, 1.54) is 0 Å². The van der Waals surface area contributed by atoms with E-state index in [-0.39, 0.29) is 90.5 Å². The first kappa shape index (κ1) is 45.3. The number of hydrogen-bond donors (Lipinski definition) is 3. The molecule has 0 amide bonds. The third kappa shape index (κ3) is 10.9. The van der Waals surface area contributed by atoms with Crippen LogP contribution >= 0.6 is 0 Å². The minimum Gasteiger partial charge on any atom is -0.462 e. The van der Waals surface area contributed by atoms with Crippen molar-refractivity contribution >= 4 is 22.2 Å². The average molecular weight is 816 g/mol. The highest BCUT2D eigenvalue weighted by Crippen LogP contribution is 2.54. The lowest BCUT2D eigenvalue weighted by molar-refractivity contribution is -0.311. The Kier molecular flexibility index (Phi) is 15.8. The number of ether oxygens (including phenoxy) is 7. The molecule has 17 atom stereocenters. The van der Waals surface area contributed by atoms with Crippen molar-refractivity contribution in [3.8, 4) is 0 Å². The Morgan fingerprint density at radius 2 is 1.59 bits per heavy atom. The second-order valence-corrected chi connectivity index (χ2v) is 17.6. The molecule has 3 saturated heterocycles. The van der Waals surface area contributed by atoms with Crippen molar-refractivity contribution in [2.24, 2.45) is 35.5 Å². The van der Waals surface area contributed by atoms with E-state index in [2.05, 4.69) is 51.1 Å². The second-order valence-electron chi connectivity index (χ2n) is 16.7. The van der Waals surface area contributed by atoms with Crippen LogP contribution in [0, 0.1) is 35.5 Å². The number of Topliss-reactive ketones (excluding diaryl/α,β-unsaturated/α-hetero) is 1. The van der Waals surface area contributed by atoms with Crippen molar-refractivity contribution in [3.63, 3.8) is 0 Å². The first-order valence-electron chi connectivity index (χ1n) is 20.3. The summed E-state index contributed by atoms with van der Waals surface area (Å²) in [6.45, 7) is 8.04. The predicted molar refractivity (Wildman–Crippen MR) is 204 cm³/mol. The monoisotopic (exact) mass is 815 g/mol. The molecule has 0 aromatic rings. The number of rotatable bonds is 8. The lowest BCUT2D eigenvalue weighted by atomic mass is 9.70. The van der Waals surface area contributed by atoms with Gasteiger partial charge in [0.15, 0.2) is 18.4 Å². The fourth-order valence-corrected chi connectivity index (χ4v) is 10.2. The molecule has 0 aromatic carbocycles. The smallest absolute Gasteiger partial charge is 0.394 e. The van der Waals surface area contributed by atoms with E-state index in [1.54, 1.807) is 14.2 Å². The molecule has 56 heavy (non-hydrogen) atoms. The number of aliphatic hydroxyl groups excluding tert-OH is 1. The number of carbonyl (C=O) groups excluding carboxylic acids is 2. The van der Waals surface area contributed by atoms with Gasteiger partial charge >= 0.3 is 16.4 Å². The first-order valence-corrected chi connectivity index (χ1v) is 21.7. The molecule has 6 rings (SSSR count). The van der Waals surface area contributed by atoms with Crippen LogP contribution in [-0.4, -0.2) is 135 Å². The number of allylic oxidation sites excluding steroid dienone is 4. The fraction of sp³-hybridized carbons (Fsp3) is 0.850. The van der Waals surface area contributed by atoms with Gasteiger partial charge in [-0.25, -0.2) is 0 Å². The SMILES string of the molecule is CC[C@H]1CCC[C@H](O[C@H]2CC[C@H](N(C)C)[C@@H](C)O2)[C@@H](C)C(=O)C2=C[C@@H]3[C@@H](C=C[C@@H]4C[C@@H](O[C@@H]5O[C@@H](C)[C@H](OC)[C@@H](O)[C@H]5OC)C[C@@H]34)[C@@H]2CC(=O)O1.O=S(=O)(O)O. The molecular formula is C40H65NO14S. The number of hydrogen-bond acceptors (Lipinski definition) is 13. The number of nitrogens with zero attached hydrogens (tertiary/aromatic N) is 1. The third-order valence-corrected chi connectivity index (χ3v) is 13.0. The summed E-state index contributed by atoms with van der Waals surface area (Å²) < 4.78 is 74.6. The molecule has 0 bridgehead atoms. The number of carbonyl (C=O) groups is 2. The van der Waals surface area contributed by atoms with Gasteiger partial charge in [-0.1, -0.05) is 32.1 Å². The summed E-state index contributed by atoms with van der Waals surface area (Å²) in [5.74, 6) is -0.141. The summed E-state index contributed by atoms with van der Waals surface area (Å²) in [6, 6.07) is 0.334. The maximum Gasteiger partial charge on any atom is 0.394 e. The minimum absolute atomic E-state index is 0.0264. The molecule has 0 radical (unpaired) electrons. The van der Waals surface area contributed by atoms with Crippen LogP contribution in [0.1, 0.15) is 85.5 Å². The van der Waals surface area contributed by atoms with Crippen LogP contribution in [0.2, 0.25) is 0 Å². The van der Waals surface area contributed by atoms with Crippen LogP contribution < -0.4 is 0 Å². The molecule has 3 heterocycles. The number of methoxy groups -OCH3 is 2. The Morgan fingerprint density at radius 3 is 2.21 bits per heavy atom. The maximum atomic E-state index is 14.6. The lowest BCUT2D eigenvalue weighted by Crippen LogP contribution is -2.59. The molecule has 0 aromatic heterocycles. The molecule has 3 aliphatic heterocycles. The molecule has 1 saturated carbocycles. The minimum atomic E-state index is -4.67. The van der Waals surface area contributed by atoms with Gasteiger partial charge in [0, 0.05) is 32.1 Å². The highest BCUT2D eigenvalue weighted by atomic mass is 32.3. The summed E-state index contributed by atoms with van der Waals surface area (Å²) in [7, 11) is 2.61. The van der Waals surface area contributed by atoms with Crippen molar-refractivity contribution in [1.29, 1.82) is 0 Å². The first-order chi connectivity index (χ1) is 26.4. The number of likely N-dealkylation sites (N-methyl/N-ethyl adjacent to an activating group) is 1. The van der Waals surface area contributed by atoms with Crippen molar-refractivity contribution in [1.82, 2.24) is 4.90 Å². The molecule has 0 spiro atoms. The molecule has 6 aliphatic rings. The molecule has 16 heteroatoms. The van der Waals surface area contributed by atoms with Gasteiger partial charge in [-0.3, -0.25) is 18.7 Å². The van der Waals surface area contributed by atoms with Crippen molar-refractivity contribution in [2.75, 3.05) is 28.3 Å². The molecule has 320 valence electrons. The highest BCUT2D eigenvalue weighted by Gasteiger charge is 2.52. The summed E-state index contributed by atoms with van der Waals surface area (Å²) in [6.07, 6.45) is 9.22. The largest absolute Gasteiger partial charge is 0.462 e. The second kappa shape index (κ2) is 19.5. The van der Waals surface area contributed by atoms with Crippen LogP contribution in [0.15, 0.2) is 23.8 Å². The summed E-state index contributed by atoms with van der Waals surface area (Å²) >= 11 is 0. The number of esters is 1. The van der Waals surface area contributed by atoms with Gasteiger partial charge in [0.25, 0.3) is 0 Å². The van der Waals surface area contributed by atoms with E-state index in [0.717, 1.165) is 50.5 Å². The number of ketones is 1. The van der Waals surface area contributed by atoms with Crippen LogP contribution in [-0.2, 0) is 53.1 Å². The normalized spacial score (nSPS) is 43.3. The highest BCUT2D eigenvalue weighted by molar-refractivity contribution is 7.79. The Labute approximate surface area is 332 Å². The van der Waals surface area contributed by atoms with Crippen LogP contribution in [0.5, 0.6) is 0 Å². The number of aliphatic hydroxyl groups is 1. The van der Waals surface area contributed by atoms with E-state index < -0.39 is 35.0 Å². The summed E-state index contributed by atoms with van der Waals surface area (Å²) in [5.41, 5.74) is 0.745. The third-order valence-electron chi connectivity index (χ3n) is 13.0. The van der Waals surface area contributed by atoms with E-state index in [4.69, 9.17) is 50.7 Å². The molecule has 3 aliphatic carbocycles. The molecule has 4 fully saturated rings. The van der Waals surface area contributed by atoms with E-state index in [0.29, 0.717) is 12.5 Å². The van der Waals surface area contributed by atoms with Crippen LogP contribution in [0.3, 0.4) is 0 Å². The number of cyclic esters (lactones) is 1. The van der Waals surface area contributed by atoms with Gasteiger partial charge in [0.2, 0.25) is 0 Å². The molecular weight excluding hydrogens is 751 g/mol. The average Bonchev–Trinajstić information content (AvgIpc) is 3.70. The Hall–Kier alpha value is -1.83. The predicted octanol–water partition coefficient (Wildman–Crippen LogP) is 4.18. The van der Waals surface area contributed by atoms with E-state index in [1.807, 2.05) is 13.8 Å². The van der Waals surface area contributed by atoms with E-state index >= 15 is 0 Å². The Balaban J connectivity index is 0.00000113. The quantitative estimate of drug-likeness (QED) is 0.179. The standard InChI is InChI=1S/C40H63NO10.H2O4S/c1-9-25-11-10-12-33(51-35-16-15-32(41(5)6)22(3)47-35)21(2)36(43)31-19-29-27(30(31)20-34(42)49-25)14-13-24-17-26(18-28(24)29)50-40-39(46-8)37(44)38(45-7)23(4)48-40;1-5(2,3)4/h13-14,19,21-30,32-33,35,37-40,44H,9-12,15-18,20H2,1-8H3;(H2,1,2,3,4)/t21-,22-,23+,24-,25+,26-,27-,28-,29-,30+,32+,33+,35+,37-,38+,39-,40+;/m1./s1. The van der Waals surface area contributed by atoms with Crippen molar-refractivity contribution < 1.29 is 65.4 Å². The Bertz CT molecular complexity index is 1500. The molecule has 3 N–H and O–H groups in total. The molecule has 15 nitrogen and oxygen atoms in total. The van der Waals surface area contributed by atoms with Crippen LogP contribution in [0.25, 0.3) is 0 Å².